The topological polar surface area (TPSA) is 95.9 Å². The minimum absolute atomic E-state index is 0.0251. The van der Waals surface area contributed by atoms with E-state index in [2.05, 4.69) is 0 Å². The second kappa shape index (κ2) is 7.10. The molecule has 0 bridgehead atoms. The molecule has 0 radical (unpaired) electrons. The summed E-state index contributed by atoms with van der Waals surface area (Å²) in [5.41, 5.74) is 2.91. The maximum atomic E-state index is 12.8. The van der Waals surface area contributed by atoms with Crippen LogP contribution >= 0.6 is 0 Å². The summed E-state index contributed by atoms with van der Waals surface area (Å²) in [6.45, 7) is -0.580. The number of carbonyl (C=O) groups is 3. The van der Waals surface area contributed by atoms with Crippen LogP contribution in [0.15, 0.2) is 40.5 Å². The first-order valence-corrected chi connectivity index (χ1v) is 9.34. The molecule has 4 rings (SSSR count). The van der Waals surface area contributed by atoms with Crippen molar-refractivity contribution in [1.29, 1.82) is 0 Å². The zero-order chi connectivity index (χ0) is 19.0. The smallest absolute Gasteiger partial charge is 0.161 e. The van der Waals surface area contributed by atoms with E-state index in [1.165, 1.54) is 0 Å². The molecule has 2 aliphatic carbocycles. The maximum absolute atomic E-state index is 12.8. The molecule has 1 fully saturated rings. The van der Waals surface area contributed by atoms with Gasteiger partial charge in [-0.1, -0.05) is 18.2 Å². The number of hydrogen-bond acceptors (Lipinski definition) is 6. The van der Waals surface area contributed by atoms with Gasteiger partial charge in [-0.2, -0.15) is 0 Å². The Bertz CT molecular complexity index is 882. The molecule has 0 unspecified atom stereocenters. The summed E-state index contributed by atoms with van der Waals surface area (Å²) in [6.07, 6.45) is 3.94. The lowest BCUT2D eigenvalue weighted by Crippen LogP contribution is -2.40. The van der Waals surface area contributed by atoms with E-state index in [1.54, 1.807) is 12.1 Å². The van der Waals surface area contributed by atoms with Crippen LogP contribution in [-0.2, 0) is 14.4 Å². The Kier molecular flexibility index (Phi) is 4.64. The van der Waals surface area contributed by atoms with E-state index in [4.69, 9.17) is 9.73 Å². The Morgan fingerprint density at radius 3 is 2.67 bits per heavy atom. The first kappa shape index (κ1) is 17.6. The summed E-state index contributed by atoms with van der Waals surface area (Å²) in [5.74, 6) is -1.75. The number of ketones is 2. The van der Waals surface area contributed by atoms with Crippen molar-refractivity contribution in [1.82, 2.24) is 0 Å². The van der Waals surface area contributed by atoms with Crippen LogP contribution in [0.2, 0.25) is 0 Å². The van der Waals surface area contributed by atoms with Gasteiger partial charge in [0.15, 0.2) is 5.78 Å². The Morgan fingerprint density at radius 2 is 1.85 bits per heavy atom. The summed E-state index contributed by atoms with van der Waals surface area (Å²) in [6, 6.07) is 7.04. The highest BCUT2D eigenvalue weighted by Crippen LogP contribution is 2.48. The number of ether oxygens (including phenoxy) is 1. The van der Waals surface area contributed by atoms with Gasteiger partial charge in [0.25, 0.3) is 0 Å². The van der Waals surface area contributed by atoms with Crippen molar-refractivity contribution < 1.29 is 24.2 Å². The number of benzene rings is 1. The monoisotopic (exact) mass is 366 g/mol. The van der Waals surface area contributed by atoms with Crippen LogP contribution in [-0.4, -0.2) is 29.9 Å². The molecule has 0 aromatic heterocycles. The molecule has 27 heavy (non-hydrogen) atoms. The quantitative estimate of drug-likeness (QED) is 0.809. The number of hydrogen-bond donors (Lipinski definition) is 0. The molecular formula is C21H20NO5-. The van der Waals surface area contributed by atoms with E-state index < -0.39 is 24.4 Å². The molecule has 1 aromatic rings. The molecule has 6 heteroatoms. The minimum Gasteiger partial charge on any atom is -0.546 e. The van der Waals surface area contributed by atoms with Crippen molar-refractivity contribution in [3.63, 3.8) is 0 Å². The third-order valence-electron chi connectivity index (χ3n) is 5.51. The van der Waals surface area contributed by atoms with Gasteiger partial charge < -0.3 is 14.6 Å². The fourth-order valence-corrected chi connectivity index (χ4v) is 4.44. The van der Waals surface area contributed by atoms with Crippen molar-refractivity contribution in [2.75, 3.05) is 6.61 Å². The average Bonchev–Trinajstić information content (AvgIpc) is 2.65. The highest BCUT2D eigenvalue weighted by atomic mass is 16.5. The lowest BCUT2D eigenvalue weighted by molar-refractivity contribution is -0.307. The lowest BCUT2D eigenvalue weighted by atomic mass is 9.67. The van der Waals surface area contributed by atoms with Crippen LogP contribution in [0, 0.1) is 5.92 Å². The van der Waals surface area contributed by atoms with Crippen LogP contribution in [0.3, 0.4) is 0 Å². The predicted octanol–water partition coefficient (Wildman–Crippen LogP) is 1.73. The van der Waals surface area contributed by atoms with Crippen molar-refractivity contribution in [2.24, 2.45) is 10.9 Å². The van der Waals surface area contributed by atoms with Gasteiger partial charge in [0.1, 0.15) is 18.1 Å². The number of rotatable bonds is 4. The Balaban J connectivity index is 1.85. The molecule has 1 saturated carbocycles. The first-order valence-electron chi connectivity index (χ1n) is 9.34. The Labute approximate surface area is 156 Å². The van der Waals surface area contributed by atoms with E-state index in [0.29, 0.717) is 29.7 Å². The number of carboxylic acids is 1. The number of nitrogens with zero attached hydrogens (tertiary/aromatic N) is 1. The molecule has 1 heterocycles. The normalized spacial score (nSPS) is 24.8. The summed E-state index contributed by atoms with van der Waals surface area (Å²) >= 11 is 0. The van der Waals surface area contributed by atoms with E-state index >= 15 is 0 Å². The third kappa shape index (κ3) is 3.20. The molecule has 140 valence electrons. The zero-order valence-corrected chi connectivity index (χ0v) is 14.9. The van der Waals surface area contributed by atoms with Crippen LogP contribution < -0.4 is 9.84 Å². The predicted molar refractivity (Wildman–Crippen MR) is 95.4 cm³/mol. The van der Waals surface area contributed by atoms with Crippen LogP contribution in [0.4, 0.5) is 0 Å². The van der Waals surface area contributed by atoms with Gasteiger partial charge in [-0.05, 0) is 31.7 Å². The van der Waals surface area contributed by atoms with Gasteiger partial charge in [-0.15, -0.1) is 0 Å². The fraction of sp³-hybridized carbons (Fsp3) is 0.429. The highest BCUT2D eigenvalue weighted by molar-refractivity contribution is 6.12. The number of Topliss-reactive ketones (excluding diaryl/α,β-unsaturated/α-hetero) is 2. The van der Waals surface area contributed by atoms with Gasteiger partial charge in [0.2, 0.25) is 0 Å². The molecule has 6 nitrogen and oxygen atoms in total. The molecule has 0 amide bonds. The van der Waals surface area contributed by atoms with Gasteiger partial charge in [-0.3, -0.25) is 14.6 Å². The Hall–Kier alpha value is -2.76. The summed E-state index contributed by atoms with van der Waals surface area (Å²) in [7, 11) is 0. The fourth-order valence-electron chi connectivity index (χ4n) is 4.44. The van der Waals surface area contributed by atoms with E-state index in [-0.39, 0.29) is 11.6 Å². The molecule has 0 spiro atoms. The van der Waals surface area contributed by atoms with Gasteiger partial charge in [0.05, 0.1) is 11.9 Å². The summed E-state index contributed by atoms with van der Waals surface area (Å²) < 4.78 is 5.43. The van der Waals surface area contributed by atoms with Gasteiger partial charge in [-0.25, -0.2) is 0 Å². The molecular weight excluding hydrogens is 346 g/mol. The lowest BCUT2D eigenvalue weighted by Gasteiger charge is -2.38. The number of aliphatic imine (C=N–C) groups is 1. The van der Waals surface area contributed by atoms with Crippen LogP contribution in [0.25, 0.3) is 0 Å². The minimum atomic E-state index is -1.32. The average molecular weight is 366 g/mol. The highest BCUT2D eigenvalue weighted by Gasteiger charge is 2.45. The first-order chi connectivity index (χ1) is 13.1. The SMILES string of the molecule is O=C([O-])COc1ccccc1[C@H]1C2=C(CCCC2=O)N=C2CCCC(=O)[C@H]21. The second-order valence-corrected chi connectivity index (χ2v) is 7.21. The molecule has 1 aliphatic heterocycles. The maximum Gasteiger partial charge on any atom is 0.161 e. The Morgan fingerprint density at radius 1 is 1.07 bits per heavy atom. The zero-order valence-electron chi connectivity index (χ0n) is 14.9. The van der Waals surface area contributed by atoms with Gasteiger partial charge >= 0.3 is 0 Å². The molecule has 1 aromatic carbocycles. The van der Waals surface area contributed by atoms with Crippen molar-refractivity contribution >= 4 is 23.2 Å². The number of fused-ring (bicyclic) bond motifs is 1. The largest absolute Gasteiger partial charge is 0.546 e. The summed E-state index contributed by atoms with van der Waals surface area (Å²) in [5, 5.41) is 10.8. The van der Waals surface area contributed by atoms with Crippen LogP contribution in [0.1, 0.15) is 50.0 Å². The van der Waals surface area contributed by atoms with E-state index in [9.17, 15) is 19.5 Å². The van der Waals surface area contributed by atoms with Gasteiger partial charge in [0, 0.05) is 41.3 Å². The van der Waals surface area contributed by atoms with E-state index in [1.807, 2.05) is 12.1 Å². The van der Waals surface area contributed by atoms with E-state index in [0.717, 1.165) is 37.1 Å². The standard InChI is InChI=1S/C21H21NO5/c23-15-8-3-6-13-20(15)19(21-14(22-13)7-4-9-16(21)24)12-5-1-2-10-17(12)27-11-18(25)26/h1-2,5,10,19-20H,3-4,6-9,11H2,(H,25,26)/p-1/t19-,20+/m1/s1. The van der Waals surface area contributed by atoms with Crippen molar-refractivity contribution in [3.8, 4) is 5.75 Å². The third-order valence-corrected chi connectivity index (χ3v) is 5.51. The molecule has 3 aliphatic rings. The molecule has 2 atom stereocenters. The number of carbonyl (C=O) groups excluding carboxylic acids is 3. The number of carboxylic acid groups (broad SMARTS) is 1. The number of allylic oxidation sites excluding steroid dienone is 2. The molecule has 0 N–H and O–H groups in total. The van der Waals surface area contributed by atoms with Crippen LogP contribution in [0.5, 0.6) is 5.75 Å². The van der Waals surface area contributed by atoms with Crippen molar-refractivity contribution in [3.05, 3.63) is 41.1 Å². The summed E-state index contributed by atoms with van der Waals surface area (Å²) in [4.78, 5) is 41.2. The molecule has 0 saturated heterocycles. The number of para-hydroxylation sites is 1. The van der Waals surface area contributed by atoms with Crippen molar-refractivity contribution in [2.45, 2.75) is 44.4 Å². The number of aliphatic carboxylic acids is 1. The second-order valence-electron chi connectivity index (χ2n) is 7.21.